The predicted molar refractivity (Wildman–Crippen MR) is 278 cm³/mol. The quantitative estimate of drug-likeness (QED) is 0.141. The first-order chi connectivity index (χ1) is 32.5. The van der Waals surface area contributed by atoms with Gasteiger partial charge in [0.1, 0.15) is 24.0 Å². The van der Waals surface area contributed by atoms with Crippen LogP contribution in [0.5, 0.6) is 11.5 Å². The fourth-order valence-corrected chi connectivity index (χ4v) is 9.38. The minimum absolute atomic E-state index is 0.289. The molecule has 4 heterocycles. The lowest BCUT2D eigenvalue weighted by Crippen LogP contribution is -2.59. The van der Waals surface area contributed by atoms with E-state index in [1.807, 2.05) is 30.5 Å². The average Bonchev–Trinajstić information content (AvgIpc) is 3.89. The molecule has 0 unspecified atom stereocenters. The summed E-state index contributed by atoms with van der Waals surface area (Å²) in [6.07, 6.45) is 1.84. The maximum Gasteiger partial charge on any atom is 0.468 e. The lowest BCUT2D eigenvalue weighted by molar-refractivity contribution is 0.250. The number of benzene rings is 7. The van der Waals surface area contributed by atoms with E-state index in [0.29, 0.717) is 6.67 Å². The van der Waals surface area contributed by atoms with E-state index in [1.54, 1.807) is 0 Å². The summed E-state index contributed by atoms with van der Waals surface area (Å²) in [5.74, 6) is 2.31. The lowest BCUT2D eigenvalue weighted by atomic mass is 9.50. The summed E-state index contributed by atoms with van der Waals surface area (Å²) >= 11 is 0. The van der Waals surface area contributed by atoms with Crippen LogP contribution in [0.2, 0.25) is 10.6 Å². The highest BCUT2D eigenvalue weighted by molar-refractivity contribution is 6.81. The molecule has 1 fully saturated rings. The van der Waals surface area contributed by atoms with Crippen molar-refractivity contribution in [1.29, 1.82) is 0 Å². The minimum Gasteiger partial charge on any atom is -0.457 e. The molecule has 328 valence electrons. The number of pyridine rings is 1. The van der Waals surface area contributed by atoms with E-state index >= 15 is 0 Å². The molecule has 0 amide bonds. The van der Waals surface area contributed by atoms with Crippen molar-refractivity contribution in [3.63, 3.8) is 0 Å². The van der Waals surface area contributed by atoms with Crippen LogP contribution in [0, 0.1) is 0 Å². The molecule has 9 aromatic rings. The molecule has 8 nitrogen and oxygen atoms in total. The van der Waals surface area contributed by atoms with Crippen LogP contribution in [0.4, 0.5) is 22.7 Å². The Bertz CT molecular complexity index is 3220. The maximum atomic E-state index is 6.82. The number of ether oxygens (including phenoxy) is 1. The average molecular weight is 876 g/mol. The molecule has 1 saturated heterocycles. The Morgan fingerprint density at radius 1 is 0.507 bits per heavy atom. The zero-order valence-electron chi connectivity index (χ0n) is 38.8. The molecule has 0 spiro atoms. The molecule has 11 heteroatoms. The molecule has 0 saturated carbocycles. The van der Waals surface area contributed by atoms with Gasteiger partial charge in [0.15, 0.2) is 0 Å². The van der Waals surface area contributed by atoms with Crippen LogP contribution in [0.1, 0.15) is 41.5 Å². The van der Waals surface area contributed by atoms with Crippen molar-refractivity contribution in [2.75, 3.05) is 16.5 Å². The Labute approximate surface area is 394 Å². The van der Waals surface area contributed by atoms with Crippen LogP contribution in [0.15, 0.2) is 188 Å². The van der Waals surface area contributed by atoms with Crippen molar-refractivity contribution in [3.8, 4) is 39.6 Å². The second-order valence-electron chi connectivity index (χ2n) is 19.6. The molecule has 2 aliphatic rings. The fourth-order valence-electron chi connectivity index (χ4n) is 9.38. The summed E-state index contributed by atoms with van der Waals surface area (Å²) in [6.45, 7) is 13.4. The van der Waals surface area contributed by atoms with E-state index in [0.717, 1.165) is 78.5 Å². The van der Waals surface area contributed by atoms with Gasteiger partial charge >= 0.3 is 21.4 Å². The first-order valence-electron chi connectivity index (χ1n) is 23.1. The minimum atomic E-state index is -0.682. The zero-order valence-corrected chi connectivity index (χ0v) is 38.8. The number of aromatic nitrogens is 2. The van der Waals surface area contributed by atoms with Gasteiger partial charge in [-0.05, 0) is 88.0 Å². The monoisotopic (exact) mass is 876 g/mol. The van der Waals surface area contributed by atoms with Crippen LogP contribution < -0.4 is 20.0 Å². The number of rotatable bonds is 8. The second-order valence-corrected chi connectivity index (χ2v) is 19.6. The maximum absolute atomic E-state index is 6.82. The Balaban J connectivity index is 0.967. The van der Waals surface area contributed by atoms with Crippen LogP contribution >= 0.6 is 0 Å². The van der Waals surface area contributed by atoms with Gasteiger partial charge < -0.3 is 28.3 Å². The number of anilines is 4. The lowest BCUT2D eigenvalue weighted by Gasteiger charge is -2.41. The van der Waals surface area contributed by atoms with E-state index in [2.05, 4.69) is 214 Å². The largest absolute Gasteiger partial charge is 0.468 e. The molecule has 0 atom stereocenters. The number of hydrogen-bond acceptors (Lipinski definition) is 7. The fraction of sp³-hybridized carbons (Fsp3) is 0.161. The molecule has 0 bridgehead atoms. The van der Waals surface area contributed by atoms with Crippen LogP contribution in [0.25, 0.3) is 49.9 Å². The van der Waals surface area contributed by atoms with E-state index < -0.39 is 21.4 Å². The SMILES string of the molecule is CC(C)(C)B1OB(c2cccc(-c3ccccc3)c2N2CN(c3cccc(Oc4ccc5c6cc(-c7ccccc7)ccc6n(-c6ccccn6)c5c4)c3)c3ccccc32)OB(C(C)(C)C)O1. The number of hydrogen-bond donors (Lipinski definition) is 0. The van der Waals surface area contributed by atoms with Crippen molar-refractivity contribution in [3.05, 3.63) is 188 Å². The second kappa shape index (κ2) is 17.0. The van der Waals surface area contributed by atoms with Crippen LogP contribution in [-0.2, 0) is 13.7 Å². The summed E-state index contributed by atoms with van der Waals surface area (Å²) in [7, 11) is -1.65. The normalized spacial score (nSPS) is 14.3. The highest BCUT2D eigenvalue weighted by Crippen LogP contribution is 2.48. The molecular weight excluding hydrogens is 825 g/mol. The van der Waals surface area contributed by atoms with Crippen molar-refractivity contribution in [1.82, 2.24) is 9.55 Å². The molecule has 2 aliphatic heterocycles. The van der Waals surface area contributed by atoms with Gasteiger partial charge in [-0.25, -0.2) is 4.98 Å². The van der Waals surface area contributed by atoms with Gasteiger partial charge in [-0.2, -0.15) is 0 Å². The standard InChI is InChI=1S/C56H51B3N4O4/c1-55(2,3)58-65-57(66-59(67-58)56(4,5)6)48-26-18-25-45(40-21-11-8-12-22-40)54(48)62-38-61(50-27-13-14-28-51(50)62)42-23-17-24-43(36-42)64-44-31-32-46-47-35-41(39-19-9-7-10-20-39)30-33-49(47)63(52(46)37-44)53-29-15-16-34-60-53/h7-37H,38H2,1-6H3. The van der Waals surface area contributed by atoms with Crippen molar-refractivity contribution in [2.45, 2.75) is 52.2 Å². The predicted octanol–water partition coefficient (Wildman–Crippen LogP) is 13.9. The van der Waals surface area contributed by atoms with Gasteiger partial charge in [-0.15, -0.1) is 0 Å². The van der Waals surface area contributed by atoms with Crippen molar-refractivity contribution >= 4 is 71.4 Å². The first kappa shape index (κ1) is 42.6. The van der Waals surface area contributed by atoms with Crippen molar-refractivity contribution < 1.29 is 18.5 Å². The van der Waals surface area contributed by atoms with Gasteiger partial charge in [0.2, 0.25) is 0 Å². The summed E-state index contributed by atoms with van der Waals surface area (Å²) < 4.78 is 29.2. The van der Waals surface area contributed by atoms with Gasteiger partial charge in [0.05, 0.1) is 28.1 Å². The molecular formula is C56H51B3N4O4. The topological polar surface area (TPSA) is 61.2 Å². The third-order valence-corrected chi connectivity index (χ3v) is 12.7. The van der Waals surface area contributed by atoms with Crippen LogP contribution in [-0.4, -0.2) is 37.6 Å². The van der Waals surface area contributed by atoms with E-state index in [9.17, 15) is 0 Å². The molecule has 2 aromatic heterocycles. The Kier molecular flexibility index (Phi) is 10.8. The van der Waals surface area contributed by atoms with E-state index in [4.69, 9.17) is 23.4 Å². The third kappa shape index (κ3) is 8.07. The summed E-state index contributed by atoms with van der Waals surface area (Å²) in [5.41, 5.74) is 11.8. The summed E-state index contributed by atoms with van der Waals surface area (Å²) in [4.78, 5) is 9.54. The van der Waals surface area contributed by atoms with Gasteiger partial charge in [-0.1, -0.05) is 151 Å². The Hall–Kier alpha value is -7.04. The van der Waals surface area contributed by atoms with E-state index in [1.165, 1.54) is 11.1 Å². The Morgan fingerprint density at radius 3 is 1.87 bits per heavy atom. The van der Waals surface area contributed by atoms with E-state index in [-0.39, 0.29) is 10.6 Å². The smallest absolute Gasteiger partial charge is 0.457 e. The van der Waals surface area contributed by atoms with Gasteiger partial charge in [0, 0.05) is 45.8 Å². The Morgan fingerprint density at radius 2 is 1.16 bits per heavy atom. The third-order valence-electron chi connectivity index (χ3n) is 12.7. The molecule has 7 aromatic carbocycles. The summed E-state index contributed by atoms with van der Waals surface area (Å²) in [5, 5.41) is 1.71. The number of fused-ring (bicyclic) bond motifs is 4. The molecule has 0 aliphatic carbocycles. The molecule has 67 heavy (non-hydrogen) atoms. The zero-order chi connectivity index (χ0) is 45.9. The van der Waals surface area contributed by atoms with Gasteiger partial charge in [0.25, 0.3) is 0 Å². The van der Waals surface area contributed by atoms with Crippen LogP contribution in [0.3, 0.4) is 0 Å². The number of para-hydroxylation sites is 3. The highest BCUT2D eigenvalue weighted by atomic mass is 16.7. The van der Waals surface area contributed by atoms with Crippen molar-refractivity contribution in [2.24, 2.45) is 0 Å². The highest BCUT2D eigenvalue weighted by Gasteiger charge is 2.52. The summed E-state index contributed by atoms with van der Waals surface area (Å²) in [6, 6.07) is 63.5. The molecule has 11 rings (SSSR count). The van der Waals surface area contributed by atoms with Gasteiger partial charge in [-0.3, -0.25) is 4.57 Å². The molecule has 0 radical (unpaired) electrons. The molecule has 0 N–H and O–H groups in total. The number of nitrogens with zero attached hydrogens (tertiary/aromatic N) is 4. The first-order valence-corrected chi connectivity index (χ1v) is 23.1.